The number of rotatable bonds is 2. The molecule has 2 aromatic rings. The van der Waals surface area contributed by atoms with Gasteiger partial charge >= 0.3 is 0 Å². The summed E-state index contributed by atoms with van der Waals surface area (Å²) in [7, 11) is 1.66. The first-order valence-electron chi connectivity index (χ1n) is 7.15. The molecule has 0 saturated heterocycles. The number of nitrogens with zero attached hydrogens (tertiary/aromatic N) is 1. The highest BCUT2D eigenvalue weighted by Gasteiger charge is 2.13. The molecule has 0 aliphatic heterocycles. The summed E-state index contributed by atoms with van der Waals surface area (Å²) >= 11 is 9.02. The summed E-state index contributed by atoms with van der Waals surface area (Å²) in [6, 6.07) is 5.94. The maximum absolute atomic E-state index is 5.50. The Morgan fingerprint density at radius 1 is 1.24 bits per heavy atom. The maximum Gasteiger partial charge on any atom is 0.139 e. The standard InChI is InChI=1S/C16H17BrN2OS/c1-20-14-8-7-10(9-12(14)17)15-18-13-6-4-2-3-5-11(13)16(21)19-15/h7-9H,2-6H2,1H3,(H,18,19,21). The van der Waals surface area contributed by atoms with Crippen LogP contribution < -0.4 is 4.74 Å². The Kier molecular flexibility index (Phi) is 4.40. The van der Waals surface area contributed by atoms with Gasteiger partial charge in [0.25, 0.3) is 0 Å². The summed E-state index contributed by atoms with van der Waals surface area (Å²) < 4.78 is 6.93. The van der Waals surface area contributed by atoms with E-state index in [-0.39, 0.29) is 0 Å². The summed E-state index contributed by atoms with van der Waals surface area (Å²) in [5, 5.41) is 0. The summed E-state index contributed by atoms with van der Waals surface area (Å²) in [4.78, 5) is 8.08. The SMILES string of the molecule is COc1ccc(-c2nc(=S)c3c([nH]2)CCCCC3)cc1Br. The smallest absolute Gasteiger partial charge is 0.139 e. The quantitative estimate of drug-likeness (QED) is 0.611. The Morgan fingerprint density at radius 2 is 2.05 bits per heavy atom. The Hall–Kier alpha value is -1.20. The fourth-order valence-corrected chi connectivity index (χ4v) is 3.60. The van der Waals surface area contributed by atoms with Gasteiger partial charge in [-0.25, -0.2) is 4.98 Å². The number of ether oxygens (including phenoxy) is 1. The molecule has 3 nitrogen and oxygen atoms in total. The number of methoxy groups -OCH3 is 1. The lowest BCUT2D eigenvalue weighted by Gasteiger charge is -2.10. The van der Waals surface area contributed by atoms with Crippen LogP contribution >= 0.6 is 28.1 Å². The van der Waals surface area contributed by atoms with Gasteiger partial charge in [0, 0.05) is 16.8 Å². The zero-order chi connectivity index (χ0) is 14.8. The highest BCUT2D eigenvalue weighted by molar-refractivity contribution is 9.10. The summed E-state index contributed by atoms with van der Waals surface area (Å²) in [6.07, 6.45) is 5.80. The van der Waals surface area contributed by atoms with E-state index in [0.717, 1.165) is 39.1 Å². The first kappa shape index (κ1) is 14.7. The molecule has 0 amide bonds. The molecule has 21 heavy (non-hydrogen) atoms. The molecular formula is C16H17BrN2OS. The average Bonchev–Trinajstić information content (AvgIpc) is 2.72. The second-order valence-corrected chi connectivity index (χ2v) is 6.50. The van der Waals surface area contributed by atoms with Crippen molar-refractivity contribution in [2.75, 3.05) is 7.11 Å². The van der Waals surface area contributed by atoms with Crippen LogP contribution in [0.4, 0.5) is 0 Å². The highest BCUT2D eigenvalue weighted by atomic mass is 79.9. The number of fused-ring (bicyclic) bond motifs is 1. The van der Waals surface area contributed by atoms with Gasteiger partial charge in [-0.3, -0.25) is 0 Å². The van der Waals surface area contributed by atoms with Crippen molar-refractivity contribution in [1.82, 2.24) is 9.97 Å². The Morgan fingerprint density at radius 3 is 2.81 bits per heavy atom. The van der Waals surface area contributed by atoms with Crippen molar-refractivity contribution in [3.8, 4) is 17.1 Å². The first-order valence-corrected chi connectivity index (χ1v) is 8.35. The number of hydrogen-bond donors (Lipinski definition) is 1. The molecule has 0 bridgehead atoms. The normalized spacial score (nSPS) is 14.4. The predicted octanol–water partition coefficient (Wildman–Crippen LogP) is 4.85. The number of aromatic amines is 1. The van der Waals surface area contributed by atoms with Crippen molar-refractivity contribution in [2.45, 2.75) is 32.1 Å². The van der Waals surface area contributed by atoms with Crippen molar-refractivity contribution in [2.24, 2.45) is 0 Å². The molecule has 3 rings (SSSR count). The first-order chi connectivity index (χ1) is 10.2. The van der Waals surface area contributed by atoms with Crippen LogP contribution in [0.5, 0.6) is 5.75 Å². The lowest BCUT2D eigenvalue weighted by Crippen LogP contribution is -2.02. The van der Waals surface area contributed by atoms with Crippen LogP contribution in [0.2, 0.25) is 0 Å². The van der Waals surface area contributed by atoms with Crippen molar-refractivity contribution >= 4 is 28.1 Å². The minimum absolute atomic E-state index is 0.743. The number of hydrogen-bond acceptors (Lipinski definition) is 3. The van der Waals surface area contributed by atoms with Crippen LogP contribution in [0.15, 0.2) is 22.7 Å². The molecule has 1 aliphatic carbocycles. The summed E-state index contributed by atoms with van der Waals surface area (Å²) in [5.74, 6) is 1.65. The molecule has 1 N–H and O–H groups in total. The van der Waals surface area contributed by atoms with E-state index in [1.165, 1.54) is 30.5 Å². The van der Waals surface area contributed by atoms with Crippen molar-refractivity contribution in [3.63, 3.8) is 0 Å². The van der Waals surface area contributed by atoms with Gasteiger partial charge < -0.3 is 9.72 Å². The summed E-state index contributed by atoms with van der Waals surface area (Å²) in [6.45, 7) is 0. The van der Waals surface area contributed by atoms with Crippen LogP contribution in [0.25, 0.3) is 11.4 Å². The average molecular weight is 365 g/mol. The molecule has 1 aliphatic rings. The fourth-order valence-electron chi connectivity index (χ4n) is 2.75. The molecule has 110 valence electrons. The van der Waals surface area contributed by atoms with Crippen LogP contribution in [0.3, 0.4) is 0 Å². The minimum atomic E-state index is 0.743. The van der Waals surface area contributed by atoms with Gasteiger partial charge in [-0.15, -0.1) is 0 Å². The van der Waals surface area contributed by atoms with Gasteiger partial charge in [-0.05, 0) is 59.8 Å². The number of benzene rings is 1. The van der Waals surface area contributed by atoms with E-state index in [2.05, 4.69) is 25.9 Å². The summed E-state index contributed by atoms with van der Waals surface area (Å²) in [5.41, 5.74) is 3.51. The van der Waals surface area contributed by atoms with E-state index >= 15 is 0 Å². The second kappa shape index (κ2) is 6.28. The van der Waals surface area contributed by atoms with Crippen molar-refractivity contribution < 1.29 is 4.74 Å². The van der Waals surface area contributed by atoms with Gasteiger partial charge in [0.2, 0.25) is 0 Å². The van der Waals surface area contributed by atoms with Crippen LogP contribution in [-0.4, -0.2) is 17.1 Å². The molecule has 0 saturated carbocycles. The van der Waals surface area contributed by atoms with Gasteiger partial charge in [0.1, 0.15) is 16.2 Å². The molecular weight excluding hydrogens is 348 g/mol. The third-order valence-electron chi connectivity index (χ3n) is 3.88. The number of halogens is 1. The third-order valence-corrected chi connectivity index (χ3v) is 4.84. The largest absolute Gasteiger partial charge is 0.496 e. The van der Waals surface area contributed by atoms with Crippen molar-refractivity contribution in [1.29, 1.82) is 0 Å². The fraction of sp³-hybridized carbons (Fsp3) is 0.375. The molecule has 0 spiro atoms. The van der Waals surface area contributed by atoms with Gasteiger partial charge in [0.05, 0.1) is 11.6 Å². The zero-order valence-corrected chi connectivity index (χ0v) is 14.3. The molecule has 0 atom stereocenters. The lowest BCUT2D eigenvalue weighted by molar-refractivity contribution is 0.412. The van der Waals surface area contributed by atoms with Crippen molar-refractivity contribution in [3.05, 3.63) is 38.6 Å². The molecule has 0 fully saturated rings. The van der Waals surface area contributed by atoms with Crippen LogP contribution in [0.1, 0.15) is 30.5 Å². The Bertz CT molecular complexity index is 727. The second-order valence-electron chi connectivity index (χ2n) is 5.26. The van der Waals surface area contributed by atoms with E-state index in [1.54, 1.807) is 7.11 Å². The highest BCUT2D eigenvalue weighted by Crippen LogP contribution is 2.30. The minimum Gasteiger partial charge on any atom is -0.496 e. The topological polar surface area (TPSA) is 37.9 Å². The molecule has 1 aromatic carbocycles. The number of H-pyrrole nitrogens is 1. The van der Waals surface area contributed by atoms with Gasteiger partial charge in [-0.1, -0.05) is 18.6 Å². The zero-order valence-electron chi connectivity index (χ0n) is 11.9. The monoisotopic (exact) mass is 364 g/mol. The molecule has 0 unspecified atom stereocenters. The van der Waals surface area contributed by atoms with E-state index in [0.29, 0.717) is 0 Å². The van der Waals surface area contributed by atoms with Crippen LogP contribution in [0, 0.1) is 4.64 Å². The third kappa shape index (κ3) is 3.04. The van der Waals surface area contributed by atoms with Gasteiger partial charge in [0.15, 0.2) is 0 Å². The molecule has 0 radical (unpaired) electrons. The predicted molar refractivity (Wildman–Crippen MR) is 90.4 cm³/mol. The van der Waals surface area contributed by atoms with E-state index in [1.807, 2.05) is 18.2 Å². The van der Waals surface area contributed by atoms with E-state index in [4.69, 9.17) is 17.0 Å². The molecule has 5 heteroatoms. The lowest BCUT2D eigenvalue weighted by atomic mass is 10.1. The number of nitrogens with one attached hydrogen (secondary N) is 1. The molecule has 1 aromatic heterocycles. The molecule has 1 heterocycles. The van der Waals surface area contributed by atoms with Crippen LogP contribution in [-0.2, 0) is 12.8 Å². The maximum atomic E-state index is 5.50. The Balaban J connectivity index is 2.07. The Labute approximate surface area is 137 Å². The van der Waals surface area contributed by atoms with E-state index < -0.39 is 0 Å². The number of aromatic nitrogens is 2. The number of aryl methyl sites for hydroxylation is 1. The van der Waals surface area contributed by atoms with Gasteiger partial charge in [-0.2, -0.15) is 0 Å². The van der Waals surface area contributed by atoms with E-state index in [9.17, 15) is 0 Å².